The lowest BCUT2D eigenvalue weighted by Gasteiger charge is -2.40. The van der Waals surface area contributed by atoms with Gasteiger partial charge in [0.1, 0.15) is 11.0 Å². The molecule has 3 N–H and O–H groups in total. The van der Waals surface area contributed by atoms with Crippen molar-refractivity contribution in [2.45, 2.75) is 25.1 Å². The Labute approximate surface area is 175 Å². The standard InChI is InChI=1S/C19H21ClF4N4O2/c20-16-14(11-3-1-4-12(21)9-11)15(17(25)29)13-10-27(7-8-28(13)16)18(30)26-6-2-5-19(22,23)24/h1,3-4,9,13,15H,2,5-8,10H2,(H2,25,29)(H,26,30). The van der Waals surface area contributed by atoms with E-state index in [1.165, 1.54) is 23.1 Å². The summed E-state index contributed by atoms with van der Waals surface area (Å²) in [5.74, 6) is -2.01. The Morgan fingerprint density at radius 1 is 1.27 bits per heavy atom. The highest BCUT2D eigenvalue weighted by atomic mass is 35.5. The van der Waals surface area contributed by atoms with Crippen molar-refractivity contribution in [2.75, 3.05) is 26.2 Å². The summed E-state index contributed by atoms with van der Waals surface area (Å²) < 4.78 is 50.4. The van der Waals surface area contributed by atoms with Crippen LogP contribution in [0.25, 0.3) is 5.57 Å². The van der Waals surface area contributed by atoms with Crippen molar-refractivity contribution >= 4 is 29.1 Å². The lowest BCUT2D eigenvalue weighted by Crippen LogP contribution is -2.57. The van der Waals surface area contributed by atoms with Crippen LogP contribution in [0.4, 0.5) is 22.4 Å². The molecule has 0 spiro atoms. The largest absolute Gasteiger partial charge is 0.389 e. The number of carbonyl (C=O) groups is 2. The number of fused-ring (bicyclic) bond motifs is 1. The molecule has 2 heterocycles. The minimum Gasteiger partial charge on any atom is -0.369 e. The molecule has 1 aromatic carbocycles. The summed E-state index contributed by atoms with van der Waals surface area (Å²) in [6.45, 7) is 0.561. The van der Waals surface area contributed by atoms with Gasteiger partial charge in [-0.2, -0.15) is 13.2 Å². The number of nitrogens with zero attached hydrogens (tertiary/aromatic N) is 2. The number of amides is 3. The molecule has 6 nitrogen and oxygen atoms in total. The van der Waals surface area contributed by atoms with E-state index in [0.717, 1.165) is 0 Å². The topological polar surface area (TPSA) is 78.7 Å². The van der Waals surface area contributed by atoms with E-state index >= 15 is 0 Å². The minimum atomic E-state index is -4.27. The molecule has 2 aliphatic heterocycles. The average Bonchev–Trinajstić information content (AvgIpc) is 2.96. The number of piperazine rings is 1. The highest BCUT2D eigenvalue weighted by Crippen LogP contribution is 2.43. The summed E-state index contributed by atoms with van der Waals surface area (Å²) >= 11 is 6.50. The van der Waals surface area contributed by atoms with Crippen molar-refractivity contribution in [1.82, 2.24) is 15.1 Å². The Kier molecular flexibility index (Phi) is 6.44. The minimum absolute atomic E-state index is 0.105. The molecule has 1 saturated heterocycles. The van der Waals surface area contributed by atoms with E-state index < -0.39 is 42.3 Å². The van der Waals surface area contributed by atoms with E-state index in [2.05, 4.69) is 5.32 Å². The fourth-order valence-electron chi connectivity index (χ4n) is 3.88. The van der Waals surface area contributed by atoms with Gasteiger partial charge in [-0.05, 0) is 24.1 Å². The van der Waals surface area contributed by atoms with Crippen molar-refractivity contribution in [2.24, 2.45) is 11.7 Å². The first-order chi connectivity index (χ1) is 14.1. The molecular weight excluding hydrogens is 428 g/mol. The zero-order chi connectivity index (χ0) is 22.1. The second-order valence-electron chi connectivity index (χ2n) is 7.25. The number of carbonyl (C=O) groups excluding carboxylic acids is 2. The third-order valence-corrected chi connectivity index (χ3v) is 5.65. The number of hydrogen-bond acceptors (Lipinski definition) is 3. The Morgan fingerprint density at radius 3 is 2.63 bits per heavy atom. The Morgan fingerprint density at radius 2 is 2.00 bits per heavy atom. The summed E-state index contributed by atoms with van der Waals surface area (Å²) in [7, 11) is 0. The summed E-state index contributed by atoms with van der Waals surface area (Å²) in [6, 6.07) is 4.60. The monoisotopic (exact) mass is 448 g/mol. The summed E-state index contributed by atoms with van der Waals surface area (Å²) in [5.41, 5.74) is 6.45. The maximum Gasteiger partial charge on any atom is 0.389 e. The van der Waals surface area contributed by atoms with E-state index in [1.807, 2.05) is 0 Å². The molecule has 30 heavy (non-hydrogen) atoms. The van der Waals surface area contributed by atoms with Crippen molar-refractivity contribution < 1.29 is 27.2 Å². The van der Waals surface area contributed by atoms with Gasteiger partial charge in [0.25, 0.3) is 0 Å². The molecule has 2 atom stereocenters. The van der Waals surface area contributed by atoms with Gasteiger partial charge in [0.2, 0.25) is 5.91 Å². The summed E-state index contributed by atoms with van der Waals surface area (Å²) in [4.78, 5) is 27.8. The van der Waals surface area contributed by atoms with E-state index in [0.29, 0.717) is 17.7 Å². The molecule has 0 aromatic heterocycles. The highest BCUT2D eigenvalue weighted by Gasteiger charge is 2.47. The molecule has 3 amide bonds. The molecule has 0 aliphatic carbocycles. The molecule has 2 unspecified atom stereocenters. The number of rotatable bonds is 5. The van der Waals surface area contributed by atoms with E-state index in [4.69, 9.17) is 17.3 Å². The Bertz CT molecular complexity index is 861. The second-order valence-corrected chi connectivity index (χ2v) is 7.61. The SMILES string of the molecule is NC(=O)C1C(c2cccc(F)c2)=C(Cl)N2CCN(C(=O)NCCCC(F)(F)F)CC12. The smallest absolute Gasteiger partial charge is 0.369 e. The van der Waals surface area contributed by atoms with E-state index in [9.17, 15) is 27.2 Å². The van der Waals surface area contributed by atoms with Crippen LogP contribution < -0.4 is 11.1 Å². The lowest BCUT2D eigenvalue weighted by atomic mass is 9.88. The van der Waals surface area contributed by atoms with Gasteiger partial charge in [0.05, 0.1) is 12.0 Å². The normalized spacial score (nSPS) is 21.6. The van der Waals surface area contributed by atoms with Gasteiger partial charge in [0, 0.05) is 38.2 Å². The molecule has 3 rings (SSSR count). The second kappa shape index (κ2) is 8.71. The quantitative estimate of drug-likeness (QED) is 0.413. The first-order valence-corrected chi connectivity index (χ1v) is 9.77. The average molecular weight is 449 g/mol. The van der Waals surface area contributed by atoms with E-state index in [-0.39, 0.29) is 31.2 Å². The van der Waals surface area contributed by atoms with Gasteiger partial charge in [-0.25, -0.2) is 9.18 Å². The Hall–Kier alpha value is -2.49. The summed E-state index contributed by atoms with van der Waals surface area (Å²) in [6.07, 6.45) is -5.48. The first kappa shape index (κ1) is 22.2. The van der Waals surface area contributed by atoms with Crippen LogP contribution in [0.15, 0.2) is 29.4 Å². The molecule has 2 aliphatic rings. The number of halogens is 5. The molecule has 0 bridgehead atoms. The maximum atomic E-state index is 13.7. The Balaban J connectivity index is 1.71. The van der Waals surface area contributed by atoms with Crippen molar-refractivity contribution in [1.29, 1.82) is 0 Å². The van der Waals surface area contributed by atoms with Gasteiger partial charge >= 0.3 is 12.2 Å². The van der Waals surface area contributed by atoms with Crippen LogP contribution in [-0.2, 0) is 4.79 Å². The fraction of sp³-hybridized carbons (Fsp3) is 0.474. The van der Waals surface area contributed by atoms with Crippen molar-refractivity contribution in [3.63, 3.8) is 0 Å². The van der Waals surface area contributed by atoms with Crippen LogP contribution in [0, 0.1) is 11.7 Å². The molecule has 11 heteroatoms. The lowest BCUT2D eigenvalue weighted by molar-refractivity contribution is -0.135. The molecule has 0 radical (unpaired) electrons. The molecule has 1 fully saturated rings. The third kappa shape index (κ3) is 4.80. The predicted molar refractivity (Wildman–Crippen MR) is 103 cm³/mol. The zero-order valence-corrected chi connectivity index (χ0v) is 16.6. The number of benzene rings is 1. The molecule has 1 aromatic rings. The third-order valence-electron chi connectivity index (χ3n) is 5.23. The van der Waals surface area contributed by atoms with Crippen LogP contribution >= 0.6 is 11.6 Å². The predicted octanol–water partition coefficient (Wildman–Crippen LogP) is 2.89. The number of hydrogen-bond donors (Lipinski definition) is 2. The van der Waals surface area contributed by atoms with Gasteiger partial charge in [0.15, 0.2) is 0 Å². The van der Waals surface area contributed by atoms with Gasteiger partial charge in [-0.1, -0.05) is 23.7 Å². The highest BCUT2D eigenvalue weighted by molar-refractivity contribution is 6.33. The van der Waals surface area contributed by atoms with Crippen molar-refractivity contribution in [3.05, 3.63) is 40.8 Å². The first-order valence-electron chi connectivity index (χ1n) is 9.39. The number of urea groups is 1. The van der Waals surface area contributed by atoms with Crippen molar-refractivity contribution in [3.8, 4) is 0 Å². The number of nitrogens with one attached hydrogen (secondary N) is 1. The van der Waals surface area contributed by atoms with Crippen LogP contribution in [0.1, 0.15) is 18.4 Å². The van der Waals surface area contributed by atoms with Gasteiger partial charge < -0.3 is 20.9 Å². The van der Waals surface area contributed by atoms with Crippen LogP contribution in [0.3, 0.4) is 0 Å². The number of alkyl halides is 3. The molecular formula is C19H21ClF4N4O2. The number of primary amides is 1. The maximum absolute atomic E-state index is 13.7. The molecule has 164 valence electrons. The zero-order valence-electron chi connectivity index (χ0n) is 15.9. The van der Waals surface area contributed by atoms with Crippen LogP contribution in [-0.4, -0.2) is 60.1 Å². The summed E-state index contributed by atoms with van der Waals surface area (Å²) in [5, 5.41) is 2.74. The van der Waals surface area contributed by atoms with Gasteiger partial charge in [-0.3, -0.25) is 4.79 Å². The van der Waals surface area contributed by atoms with Crippen LogP contribution in [0.5, 0.6) is 0 Å². The van der Waals surface area contributed by atoms with Gasteiger partial charge in [-0.15, -0.1) is 0 Å². The van der Waals surface area contributed by atoms with Crippen LogP contribution in [0.2, 0.25) is 0 Å². The fourth-order valence-corrected chi connectivity index (χ4v) is 4.32. The number of nitrogens with two attached hydrogens (primary N) is 1. The molecule has 0 saturated carbocycles. The van der Waals surface area contributed by atoms with E-state index in [1.54, 1.807) is 11.0 Å².